The van der Waals surface area contributed by atoms with E-state index in [9.17, 15) is 4.39 Å². The Hall–Kier alpha value is -1.95. The Morgan fingerprint density at radius 1 is 1.24 bits per heavy atom. The van der Waals surface area contributed by atoms with Gasteiger partial charge in [0.15, 0.2) is 31.9 Å². The molecular weight excluding hydrogens is 472 g/mol. The van der Waals surface area contributed by atoms with Gasteiger partial charge in [-0.05, 0) is 36.7 Å². The van der Waals surface area contributed by atoms with Crippen molar-refractivity contribution in [2.75, 3.05) is 31.3 Å². The first-order valence-corrected chi connectivity index (χ1v) is 14.0. The zero-order valence-corrected chi connectivity index (χ0v) is 21.5. The number of aromatic nitrogens is 4. The highest BCUT2D eigenvalue weighted by Gasteiger charge is 2.39. The van der Waals surface area contributed by atoms with E-state index in [1.165, 1.54) is 0 Å². The molecule has 0 radical (unpaired) electrons. The lowest BCUT2D eigenvalue weighted by atomic mass is 10.2. The molecule has 1 saturated heterocycles. The highest BCUT2D eigenvalue weighted by atomic mass is 35.5. The first-order valence-electron chi connectivity index (χ1n) is 10.7. The van der Waals surface area contributed by atoms with E-state index in [4.69, 9.17) is 25.5 Å². The molecule has 0 bridgehead atoms. The molecule has 0 aromatic carbocycles. The molecule has 1 aliphatic rings. The molecule has 2 aromatic heterocycles. The van der Waals surface area contributed by atoms with Crippen molar-refractivity contribution in [3.8, 4) is 5.88 Å². The average molecular weight is 502 g/mol. The second-order valence-electron chi connectivity index (χ2n) is 9.45. The zero-order valence-electron chi connectivity index (χ0n) is 19.7. The Morgan fingerprint density at radius 2 is 1.91 bits per heavy atom. The van der Waals surface area contributed by atoms with Crippen molar-refractivity contribution >= 4 is 25.7 Å². The van der Waals surface area contributed by atoms with Crippen LogP contribution < -0.4 is 9.64 Å². The van der Waals surface area contributed by atoms with Crippen LogP contribution in [0.15, 0.2) is 12.4 Å². The Kier molecular flexibility index (Phi) is 7.87. The van der Waals surface area contributed by atoms with E-state index in [1.807, 2.05) is 0 Å². The van der Waals surface area contributed by atoms with Gasteiger partial charge in [-0.1, -0.05) is 20.8 Å². The van der Waals surface area contributed by atoms with E-state index in [0.717, 1.165) is 12.4 Å². The van der Waals surface area contributed by atoms with E-state index in [1.54, 1.807) is 11.8 Å². The predicted octanol–water partition coefficient (Wildman–Crippen LogP) is 4.57. The maximum Gasteiger partial charge on any atom is 0.257 e. The van der Waals surface area contributed by atoms with Crippen LogP contribution in [-0.2, 0) is 9.16 Å². The lowest BCUT2D eigenvalue weighted by Crippen LogP contribution is -2.52. The number of nitrogens with zero attached hydrogens (tertiary/aromatic N) is 5. The summed E-state index contributed by atoms with van der Waals surface area (Å²) in [7, 11) is -2.02. The number of halogens is 3. The van der Waals surface area contributed by atoms with Gasteiger partial charge in [-0.15, -0.1) is 0 Å². The van der Waals surface area contributed by atoms with Crippen molar-refractivity contribution in [1.29, 1.82) is 0 Å². The van der Waals surface area contributed by atoms with E-state index in [2.05, 4.69) is 53.8 Å². The average Bonchev–Trinajstić information content (AvgIpc) is 2.74. The summed E-state index contributed by atoms with van der Waals surface area (Å²) < 4.78 is 46.2. The van der Waals surface area contributed by atoms with Crippen LogP contribution in [0.4, 0.5) is 14.6 Å². The van der Waals surface area contributed by atoms with E-state index in [-0.39, 0.29) is 33.9 Å². The molecule has 0 aliphatic carbocycles. The van der Waals surface area contributed by atoms with E-state index >= 15 is 4.39 Å². The van der Waals surface area contributed by atoms with Crippen molar-refractivity contribution in [1.82, 2.24) is 19.9 Å². The molecule has 0 spiro atoms. The van der Waals surface area contributed by atoms with Crippen molar-refractivity contribution < 1.29 is 22.7 Å². The standard InChI is InChI=1S/C21H30ClF2N5O3Si/c1-13(17-25-9-14(23)10-26-17)32-19-16(24)18(27-20(22)28-19)29-7-8-30-11-15(29)12-31-33(5,6)21(2,3)4/h9-10,13,15H,7-8,11-12H2,1-6H3/t13?,15-/m0/s1. The topological polar surface area (TPSA) is 82.5 Å². The van der Waals surface area contributed by atoms with Crippen LogP contribution in [0.5, 0.6) is 5.88 Å². The molecule has 0 saturated carbocycles. The second-order valence-corrected chi connectivity index (χ2v) is 14.6. The zero-order chi connectivity index (χ0) is 24.4. The van der Waals surface area contributed by atoms with Gasteiger partial charge in [0.25, 0.3) is 5.88 Å². The lowest BCUT2D eigenvalue weighted by Gasteiger charge is -2.41. The Balaban J connectivity index is 1.83. The van der Waals surface area contributed by atoms with Crippen LogP contribution in [0, 0.1) is 11.6 Å². The maximum absolute atomic E-state index is 15.5. The fraction of sp³-hybridized carbons (Fsp3) is 0.619. The first-order chi connectivity index (χ1) is 15.4. The van der Waals surface area contributed by atoms with E-state index in [0.29, 0.717) is 26.4 Å². The Morgan fingerprint density at radius 3 is 2.55 bits per heavy atom. The van der Waals surface area contributed by atoms with E-state index < -0.39 is 26.1 Å². The fourth-order valence-electron chi connectivity index (χ4n) is 3.00. The number of rotatable bonds is 7. The summed E-state index contributed by atoms with van der Waals surface area (Å²) in [5.41, 5.74) is 0. The van der Waals surface area contributed by atoms with Crippen LogP contribution >= 0.6 is 11.6 Å². The normalized spacial score (nSPS) is 18.3. The summed E-state index contributed by atoms with van der Waals surface area (Å²) in [5, 5.41) is -0.125. The molecule has 2 aromatic rings. The van der Waals surface area contributed by atoms with Gasteiger partial charge in [0.05, 0.1) is 38.3 Å². The van der Waals surface area contributed by atoms with Crippen LogP contribution in [0.25, 0.3) is 0 Å². The third-order valence-electron chi connectivity index (χ3n) is 6.01. The van der Waals surface area contributed by atoms with Gasteiger partial charge in [-0.2, -0.15) is 14.4 Å². The monoisotopic (exact) mass is 501 g/mol. The van der Waals surface area contributed by atoms with Crippen molar-refractivity contribution in [2.24, 2.45) is 0 Å². The van der Waals surface area contributed by atoms with Crippen molar-refractivity contribution in [2.45, 2.75) is 58.0 Å². The van der Waals surface area contributed by atoms with Crippen molar-refractivity contribution in [3.63, 3.8) is 0 Å². The largest absolute Gasteiger partial charge is 0.464 e. The Labute approximate surface area is 198 Å². The predicted molar refractivity (Wildman–Crippen MR) is 123 cm³/mol. The smallest absolute Gasteiger partial charge is 0.257 e. The molecule has 12 heteroatoms. The molecule has 182 valence electrons. The third-order valence-corrected chi connectivity index (χ3v) is 10.7. The molecule has 33 heavy (non-hydrogen) atoms. The number of hydrogen-bond acceptors (Lipinski definition) is 8. The van der Waals surface area contributed by atoms with Crippen LogP contribution in [0.2, 0.25) is 23.4 Å². The minimum Gasteiger partial charge on any atom is -0.464 e. The highest BCUT2D eigenvalue weighted by Crippen LogP contribution is 2.37. The van der Waals surface area contributed by atoms with Gasteiger partial charge >= 0.3 is 0 Å². The van der Waals surface area contributed by atoms with Gasteiger partial charge < -0.3 is 18.8 Å². The molecule has 1 fully saturated rings. The summed E-state index contributed by atoms with van der Waals surface area (Å²) in [6.07, 6.45) is 1.23. The number of hydrogen-bond donors (Lipinski definition) is 0. The quantitative estimate of drug-likeness (QED) is 0.403. The number of anilines is 1. The molecule has 3 heterocycles. The molecule has 1 aliphatic heterocycles. The minimum absolute atomic E-state index is 0.0179. The number of morpholine rings is 1. The van der Waals surface area contributed by atoms with Crippen LogP contribution in [0.3, 0.4) is 0 Å². The Bertz CT molecular complexity index is 962. The molecule has 8 nitrogen and oxygen atoms in total. The van der Waals surface area contributed by atoms with Gasteiger partial charge in [0.2, 0.25) is 11.1 Å². The van der Waals surface area contributed by atoms with Gasteiger partial charge in [-0.3, -0.25) is 0 Å². The fourth-order valence-corrected chi connectivity index (χ4v) is 4.20. The lowest BCUT2D eigenvalue weighted by molar-refractivity contribution is 0.0735. The maximum atomic E-state index is 15.5. The molecule has 2 atom stereocenters. The van der Waals surface area contributed by atoms with Crippen molar-refractivity contribution in [3.05, 3.63) is 35.1 Å². The first kappa shape index (κ1) is 25.7. The summed E-state index contributed by atoms with van der Waals surface area (Å²) in [4.78, 5) is 17.6. The second kappa shape index (κ2) is 10.1. The molecule has 3 rings (SSSR count). The molecule has 0 amide bonds. The van der Waals surface area contributed by atoms with Gasteiger partial charge in [-0.25, -0.2) is 14.4 Å². The number of ether oxygens (including phenoxy) is 2. The molecule has 1 unspecified atom stereocenters. The SMILES string of the molecule is CC(Oc1nc(Cl)nc(N2CCOC[C@H]2CO[Si](C)(C)C(C)(C)C)c1F)c1ncc(F)cn1. The van der Waals surface area contributed by atoms with Gasteiger partial charge in [0, 0.05) is 6.54 Å². The third kappa shape index (κ3) is 6.14. The summed E-state index contributed by atoms with van der Waals surface area (Å²) in [6.45, 7) is 14.0. The molecular formula is C21H30ClF2N5O3Si. The van der Waals surface area contributed by atoms with Gasteiger partial charge in [0.1, 0.15) is 0 Å². The van der Waals surface area contributed by atoms with Crippen LogP contribution in [0.1, 0.15) is 39.6 Å². The molecule has 0 N–H and O–H groups in total. The minimum atomic E-state index is -2.02. The van der Waals surface area contributed by atoms with Crippen LogP contribution in [-0.4, -0.2) is 60.7 Å². The highest BCUT2D eigenvalue weighted by molar-refractivity contribution is 6.74. The summed E-state index contributed by atoms with van der Waals surface area (Å²) in [6, 6.07) is -0.251. The summed E-state index contributed by atoms with van der Waals surface area (Å²) in [5.74, 6) is -1.47. The summed E-state index contributed by atoms with van der Waals surface area (Å²) >= 11 is 6.12.